The molecule has 0 aliphatic heterocycles. The minimum atomic E-state index is -1.43. The molecule has 6 heteroatoms. The van der Waals surface area contributed by atoms with E-state index in [0.29, 0.717) is 18.4 Å². The number of benzene rings is 1. The second-order valence-corrected chi connectivity index (χ2v) is 5.60. The summed E-state index contributed by atoms with van der Waals surface area (Å²) in [6.07, 6.45) is 3.24. The van der Waals surface area contributed by atoms with Crippen LogP contribution < -0.4 is 5.32 Å². The Morgan fingerprint density at radius 1 is 1.29 bits per heavy atom. The van der Waals surface area contributed by atoms with Crippen molar-refractivity contribution in [2.75, 3.05) is 7.11 Å². The van der Waals surface area contributed by atoms with Gasteiger partial charge in [0, 0.05) is 6.42 Å². The number of Topliss-reactive ketones (excluding diaryl/α,β-unsaturated/α-hetero) is 1. The molecule has 128 valence electrons. The molecular weight excluding hydrogens is 310 g/mol. The molecule has 0 radical (unpaired) electrons. The van der Waals surface area contributed by atoms with Gasteiger partial charge in [-0.05, 0) is 25.3 Å². The molecule has 2 rings (SSSR count). The van der Waals surface area contributed by atoms with Crippen molar-refractivity contribution in [3.63, 3.8) is 0 Å². The van der Waals surface area contributed by atoms with Gasteiger partial charge in [0.15, 0.2) is 11.2 Å². The van der Waals surface area contributed by atoms with Crippen LogP contribution in [-0.4, -0.2) is 25.0 Å². The number of hydrogen-bond donors (Lipinski definition) is 1. The van der Waals surface area contributed by atoms with Gasteiger partial charge in [-0.3, -0.25) is 9.59 Å². The Hall–Kier alpha value is -2.63. The third kappa shape index (κ3) is 3.32. The number of alkyl carbamates (subject to hydrolysis) is 1. The van der Waals surface area contributed by atoms with Gasteiger partial charge in [0.25, 0.3) is 0 Å². The number of ketones is 1. The fraction of sp³-hybridized carbons (Fsp3) is 0.389. The lowest BCUT2D eigenvalue weighted by atomic mass is 9.74. The number of carbonyl (C=O) groups excluding carboxylic acids is 3. The summed E-state index contributed by atoms with van der Waals surface area (Å²) < 4.78 is 9.81. The lowest BCUT2D eigenvalue weighted by molar-refractivity contribution is -0.158. The predicted molar refractivity (Wildman–Crippen MR) is 86.9 cm³/mol. The van der Waals surface area contributed by atoms with Gasteiger partial charge in [0.1, 0.15) is 0 Å². The Kier molecular flexibility index (Phi) is 5.73. The van der Waals surface area contributed by atoms with Crippen molar-refractivity contribution in [2.24, 2.45) is 5.41 Å². The van der Waals surface area contributed by atoms with Crippen LogP contribution in [0.5, 0.6) is 0 Å². The normalized spacial score (nSPS) is 21.5. The molecule has 1 amide bonds. The first kappa shape index (κ1) is 17.7. The lowest BCUT2D eigenvalue weighted by Crippen LogP contribution is -2.49. The number of methoxy groups -OCH3 is 1. The van der Waals surface area contributed by atoms with E-state index in [1.807, 2.05) is 6.07 Å². The Morgan fingerprint density at radius 2 is 2.00 bits per heavy atom. The molecule has 0 spiro atoms. The van der Waals surface area contributed by atoms with Crippen LogP contribution in [0.4, 0.5) is 4.79 Å². The van der Waals surface area contributed by atoms with Crippen LogP contribution in [-0.2, 0) is 19.1 Å². The van der Waals surface area contributed by atoms with Crippen LogP contribution in [0.25, 0.3) is 0 Å². The fourth-order valence-corrected chi connectivity index (χ4v) is 3.13. The smallest absolute Gasteiger partial charge is 0.412 e. The van der Waals surface area contributed by atoms with Crippen LogP contribution in [0.2, 0.25) is 0 Å². The summed E-state index contributed by atoms with van der Waals surface area (Å²) in [6.45, 7) is 1.71. The standard InChI is InChI=1S/C18H21NO5/c1-3-12-24-17(22)19-15(13-8-5-4-6-9-13)18(16(21)23-2)11-7-10-14(18)20/h3-6,8-9,12,15H,7,10-11H2,1-2H3,(H,19,22)/t15-,18-/m0/s1. The monoisotopic (exact) mass is 331 g/mol. The summed E-state index contributed by atoms with van der Waals surface area (Å²) in [5.74, 6) is -0.861. The van der Waals surface area contributed by atoms with Crippen molar-refractivity contribution in [3.05, 3.63) is 48.2 Å². The Labute approximate surface area is 140 Å². The molecule has 1 N–H and O–H groups in total. The summed E-state index contributed by atoms with van der Waals surface area (Å²) in [6, 6.07) is 8.06. The van der Waals surface area contributed by atoms with E-state index in [2.05, 4.69) is 5.32 Å². The zero-order valence-electron chi connectivity index (χ0n) is 13.8. The summed E-state index contributed by atoms with van der Waals surface area (Å²) in [5, 5.41) is 2.66. The second-order valence-electron chi connectivity index (χ2n) is 5.60. The molecule has 0 unspecified atom stereocenters. The highest BCUT2D eigenvalue weighted by molar-refractivity contribution is 6.06. The highest BCUT2D eigenvalue weighted by atomic mass is 16.5. The number of ether oxygens (including phenoxy) is 2. The van der Waals surface area contributed by atoms with E-state index in [1.54, 1.807) is 37.3 Å². The van der Waals surface area contributed by atoms with Gasteiger partial charge in [0.05, 0.1) is 19.4 Å². The Balaban J connectivity index is 2.45. The van der Waals surface area contributed by atoms with Crippen molar-refractivity contribution in [1.29, 1.82) is 0 Å². The SMILES string of the molecule is CC=COC(=O)N[C@@H](c1ccccc1)[C@]1(C(=O)OC)CCCC1=O. The highest BCUT2D eigenvalue weighted by Crippen LogP contribution is 2.46. The van der Waals surface area contributed by atoms with Crippen molar-refractivity contribution in [1.82, 2.24) is 5.32 Å². The zero-order chi connectivity index (χ0) is 17.6. The van der Waals surface area contributed by atoms with Gasteiger partial charge < -0.3 is 14.8 Å². The van der Waals surface area contributed by atoms with Gasteiger partial charge in [0.2, 0.25) is 0 Å². The first-order chi connectivity index (χ1) is 11.6. The van der Waals surface area contributed by atoms with Gasteiger partial charge in [-0.15, -0.1) is 0 Å². The highest BCUT2D eigenvalue weighted by Gasteiger charge is 2.56. The van der Waals surface area contributed by atoms with Crippen molar-refractivity contribution in [2.45, 2.75) is 32.2 Å². The Morgan fingerprint density at radius 3 is 2.54 bits per heavy atom. The molecule has 0 bridgehead atoms. The van der Waals surface area contributed by atoms with Gasteiger partial charge in [-0.1, -0.05) is 36.4 Å². The maximum Gasteiger partial charge on any atom is 0.412 e. The van der Waals surface area contributed by atoms with E-state index in [-0.39, 0.29) is 12.2 Å². The maximum absolute atomic E-state index is 12.6. The van der Waals surface area contributed by atoms with Crippen LogP contribution in [0, 0.1) is 5.41 Å². The topological polar surface area (TPSA) is 81.7 Å². The minimum absolute atomic E-state index is 0.227. The molecule has 1 aliphatic rings. The molecule has 1 aliphatic carbocycles. The van der Waals surface area contributed by atoms with E-state index in [0.717, 1.165) is 0 Å². The number of hydrogen-bond acceptors (Lipinski definition) is 5. The van der Waals surface area contributed by atoms with E-state index >= 15 is 0 Å². The molecule has 0 heterocycles. The van der Waals surface area contributed by atoms with Crippen LogP contribution in [0.15, 0.2) is 42.7 Å². The first-order valence-electron chi connectivity index (χ1n) is 7.81. The largest absolute Gasteiger partial charge is 0.468 e. The van der Waals surface area contributed by atoms with Gasteiger partial charge >= 0.3 is 12.1 Å². The number of carbonyl (C=O) groups is 3. The summed E-state index contributed by atoms with van der Waals surface area (Å²) in [7, 11) is 1.25. The minimum Gasteiger partial charge on any atom is -0.468 e. The molecule has 6 nitrogen and oxygen atoms in total. The molecule has 1 fully saturated rings. The predicted octanol–water partition coefficient (Wildman–Crippen LogP) is 2.90. The Bertz CT molecular complexity index is 640. The van der Waals surface area contributed by atoms with Gasteiger partial charge in [-0.2, -0.15) is 0 Å². The molecule has 0 saturated heterocycles. The number of rotatable bonds is 5. The van der Waals surface area contributed by atoms with Crippen LogP contribution in [0.3, 0.4) is 0 Å². The summed E-state index contributed by atoms with van der Waals surface area (Å²) >= 11 is 0. The molecule has 1 saturated carbocycles. The lowest BCUT2D eigenvalue weighted by Gasteiger charge is -2.33. The average Bonchev–Trinajstić information content (AvgIpc) is 3.00. The molecular formula is C18H21NO5. The third-order valence-electron chi connectivity index (χ3n) is 4.22. The molecule has 1 aromatic carbocycles. The summed E-state index contributed by atoms with van der Waals surface area (Å²) in [4.78, 5) is 37.2. The van der Waals surface area contributed by atoms with Crippen molar-refractivity contribution < 1.29 is 23.9 Å². The maximum atomic E-state index is 12.6. The quantitative estimate of drug-likeness (QED) is 0.510. The second kappa shape index (κ2) is 7.77. The molecule has 0 aromatic heterocycles. The first-order valence-corrected chi connectivity index (χ1v) is 7.81. The zero-order valence-corrected chi connectivity index (χ0v) is 13.8. The van der Waals surface area contributed by atoms with Crippen LogP contribution >= 0.6 is 0 Å². The average molecular weight is 331 g/mol. The van der Waals surface area contributed by atoms with E-state index < -0.39 is 23.5 Å². The van der Waals surface area contributed by atoms with E-state index in [4.69, 9.17) is 9.47 Å². The van der Waals surface area contributed by atoms with Crippen molar-refractivity contribution in [3.8, 4) is 0 Å². The molecule has 24 heavy (non-hydrogen) atoms. The summed E-state index contributed by atoms with van der Waals surface area (Å²) in [5.41, 5.74) is -0.777. The fourth-order valence-electron chi connectivity index (χ4n) is 3.13. The number of allylic oxidation sites excluding steroid dienone is 1. The van der Waals surface area contributed by atoms with Crippen LogP contribution in [0.1, 0.15) is 37.8 Å². The van der Waals surface area contributed by atoms with E-state index in [1.165, 1.54) is 13.4 Å². The third-order valence-corrected chi connectivity index (χ3v) is 4.22. The van der Waals surface area contributed by atoms with Gasteiger partial charge in [-0.25, -0.2) is 4.79 Å². The van der Waals surface area contributed by atoms with Crippen molar-refractivity contribution >= 4 is 17.8 Å². The molecule has 1 aromatic rings. The number of esters is 1. The number of amides is 1. The van der Waals surface area contributed by atoms with E-state index in [9.17, 15) is 14.4 Å². The molecule has 2 atom stereocenters. The number of nitrogens with one attached hydrogen (secondary N) is 1.